The van der Waals surface area contributed by atoms with Crippen LogP contribution in [0.25, 0.3) is 11.0 Å². The van der Waals surface area contributed by atoms with Gasteiger partial charge in [-0.25, -0.2) is 4.98 Å². The van der Waals surface area contributed by atoms with Crippen LogP contribution in [0, 0.1) is 0 Å². The number of carbonyl (C=O) groups is 1. The van der Waals surface area contributed by atoms with Gasteiger partial charge in [-0.2, -0.15) is 0 Å². The summed E-state index contributed by atoms with van der Waals surface area (Å²) in [7, 11) is 0. The topological polar surface area (TPSA) is 42.9 Å². The van der Waals surface area contributed by atoms with Crippen molar-refractivity contribution in [2.24, 2.45) is 0 Å². The molecule has 1 aromatic heterocycles. The summed E-state index contributed by atoms with van der Waals surface area (Å²) in [5, 5.41) is 0.544. The molecule has 2 rings (SSSR count). The van der Waals surface area contributed by atoms with Gasteiger partial charge in [-0.05, 0) is 12.1 Å². The fourth-order valence-electron chi connectivity index (χ4n) is 1.08. The van der Waals surface area contributed by atoms with E-state index >= 15 is 0 Å². The van der Waals surface area contributed by atoms with Gasteiger partial charge in [0.25, 0.3) is 0 Å². The quantitative estimate of drug-likeness (QED) is 0.677. The van der Waals surface area contributed by atoms with Crippen LogP contribution in [0.15, 0.2) is 24.4 Å². The molecule has 0 spiro atoms. The van der Waals surface area contributed by atoms with Crippen molar-refractivity contribution in [2.75, 3.05) is 0 Å². The third-order valence-electron chi connectivity index (χ3n) is 1.66. The van der Waals surface area contributed by atoms with Gasteiger partial charge in [-0.3, -0.25) is 9.78 Å². The third-order valence-corrected chi connectivity index (χ3v) is 1.97. The number of aldehydes is 1. The Morgan fingerprint density at radius 2 is 2.14 bits per heavy atom. The zero-order chi connectivity index (χ0) is 9.26. The molecule has 14 heavy (non-hydrogen) atoms. The molecule has 0 amide bonds. The summed E-state index contributed by atoms with van der Waals surface area (Å²) in [6.07, 6.45) is 2.06. The summed E-state index contributed by atoms with van der Waals surface area (Å²) in [5.74, 6) is 0. The lowest BCUT2D eigenvalue weighted by molar-refractivity contribution is 0.111. The highest BCUT2D eigenvalue weighted by atomic mass is 35.5. The number of fused-ring (bicyclic) bond motifs is 1. The average molecular weight is 209 g/mol. The molecular formula is C10H9ClN2O. The van der Waals surface area contributed by atoms with Gasteiger partial charge >= 0.3 is 0 Å². The summed E-state index contributed by atoms with van der Waals surface area (Å²) in [6, 6.07) is 5.27. The van der Waals surface area contributed by atoms with Crippen molar-refractivity contribution >= 4 is 28.9 Å². The lowest BCUT2D eigenvalue weighted by Gasteiger charge is -1.97. The maximum absolute atomic E-state index is 10.4. The molecule has 0 radical (unpaired) electrons. The molecule has 3 nitrogen and oxygen atoms in total. The normalized spacial score (nSPS) is 9.50. The molecule has 1 heterocycles. The summed E-state index contributed by atoms with van der Waals surface area (Å²) >= 11 is 5.86. The van der Waals surface area contributed by atoms with Crippen LogP contribution in [0.5, 0.6) is 0 Å². The largest absolute Gasteiger partial charge is 0.296 e. The van der Waals surface area contributed by atoms with E-state index in [1.54, 1.807) is 18.2 Å². The Hall–Kier alpha value is -1.48. The number of benzene rings is 1. The number of hydrogen-bond acceptors (Lipinski definition) is 3. The molecule has 0 saturated heterocycles. The average Bonchev–Trinajstić information content (AvgIpc) is 2.18. The second kappa shape index (κ2) is 4.15. The second-order valence-electron chi connectivity index (χ2n) is 2.52. The van der Waals surface area contributed by atoms with Crippen LogP contribution in [0.3, 0.4) is 0 Å². The maximum atomic E-state index is 10.4. The Bertz CT molecular complexity index is 471. The molecule has 0 N–H and O–H groups in total. The third kappa shape index (κ3) is 1.72. The summed E-state index contributed by atoms with van der Waals surface area (Å²) < 4.78 is 0. The Morgan fingerprint density at radius 3 is 2.86 bits per heavy atom. The molecule has 2 aromatic rings. The number of rotatable bonds is 1. The van der Waals surface area contributed by atoms with Crippen molar-refractivity contribution in [3.63, 3.8) is 0 Å². The molecule has 0 fully saturated rings. The SMILES string of the molecule is C.O=Cc1cnc2c(Cl)cccc2n1. The van der Waals surface area contributed by atoms with E-state index in [4.69, 9.17) is 11.6 Å². The minimum atomic E-state index is 0. The number of nitrogens with zero attached hydrogens (tertiary/aromatic N) is 2. The smallest absolute Gasteiger partial charge is 0.170 e. The Kier molecular flexibility index (Phi) is 3.14. The van der Waals surface area contributed by atoms with Gasteiger partial charge in [-0.1, -0.05) is 25.1 Å². The van der Waals surface area contributed by atoms with Crippen molar-refractivity contribution in [2.45, 2.75) is 7.43 Å². The van der Waals surface area contributed by atoms with Crippen molar-refractivity contribution in [3.8, 4) is 0 Å². The standard InChI is InChI=1S/C9H5ClN2O.CH4/c10-7-2-1-3-8-9(7)11-4-6(5-13)12-8;/h1-5H;1H4. The molecule has 0 saturated carbocycles. The maximum Gasteiger partial charge on any atom is 0.170 e. The van der Waals surface area contributed by atoms with Gasteiger partial charge in [0, 0.05) is 0 Å². The monoisotopic (exact) mass is 208 g/mol. The van der Waals surface area contributed by atoms with Crippen LogP contribution >= 0.6 is 11.6 Å². The van der Waals surface area contributed by atoms with Crippen LogP contribution in [-0.4, -0.2) is 16.3 Å². The highest BCUT2D eigenvalue weighted by Gasteiger charge is 2.01. The van der Waals surface area contributed by atoms with E-state index in [-0.39, 0.29) is 7.43 Å². The van der Waals surface area contributed by atoms with Crippen LogP contribution < -0.4 is 0 Å². The van der Waals surface area contributed by atoms with Gasteiger partial charge in [0.05, 0.1) is 16.7 Å². The molecule has 4 heteroatoms. The Morgan fingerprint density at radius 1 is 1.36 bits per heavy atom. The lowest BCUT2D eigenvalue weighted by Crippen LogP contribution is -1.90. The van der Waals surface area contributed by atoms with Crippen LogP contribution in [0.2, 0.25) is 5.02 Å². The van der Waals surface area contributed by atoms with E-state index < -0.39 is 0 Å². The first-order valence-corrected chi connectivity index (χ1v) is 4.05. The summed E-state index contributed by atoms with van der Waals surface area (Å²) in [5.41, 5.74) is 1.57. The zero-order valence-electron chi connectivity index (χ0n) is 6.57. The number of aromatic nitrogens is 2. The van der Waals surface area contributed by atoms with Crippen molar-refractivity contribution < 1.29 is 4.79 Å². The van der Waals surface area contributed by atoms with E-state index in [0.717, 1.165) is 0 Å². The first-order valence-electron chi connectivity index (χ1n) is 3.68. The predicted molar refractivity (Wildman–Crippen MR) is 56.7 cm³/mol. The van der Waals surface area contributed by atoms with E-state index in [9.17, 15) is 4.79 Å². The lowest BCUT2D eigenvalue weighted by atomic mass is 10.3. The van der Waals surface area contributed by atoms with Crippen molar-refractivity contribution in [3.05, 3.63) is 35.1 Å². The van der Waals surface area contributed by atoms with Gasteiger partial charge < -0.3 is 0 Å². The zero-order valence-corrected chi connectivity index (χ0v) is 7.32. The highest BCUT2D eigenvalue weighted by molar-refractivity contribution is 6.34. The first kappa shape index (κ1) is 10.6. The molecule has 0 aliphatic carbocycles. The fourth-order valence-corrected chi connectivity index (χ4v) is 1.30. The number of para-hydroxylation sites is 1. The molecule has 0 unspecified atom stereocenters. The first-order chi connectivity index (χ1) is 6.31. The van der Waals surface area contributed by atoms with E-state index in [2.05, 4.69) is 9.97 Å². The molecule has 0 atom stereocenters. The Labute approximate surface area is 86.8 Å². The van der Waals surface area contributed by atoms with Crippen molar-refractivity contribution in [1.82, 2.24) is 9.97 Å². The molecule has 72 valence electrons. The van der Waals surface area contributed by atoms with Crippen LogP contribution in [0.1, 0.15) is 17.9 Å². The minimum absolute atomic E-state index is 0. The molecule has 1 aromatic carbocycles. The predicted octanol–water partition coefficient (Wildman–Crippen LogP) is 2.73. The minimum Gasteiger partial charge on any atom is -0.296 e. The number of hydrogen-bond donors (Lipinski definition) is 0. The number of halogens is 1. The van der Waals surface area contributed by atoms with Crippen LogP contribution in [-0.2, 0) is 0 Å². The number of carbonyl (C=O) groups excluding carboxylic acids is 1. The second-order valence-corrected chi connectivity index (χ2v) is 2.93. The van der Waals surface area contributed by atoms with Gasteiger partial charge in [0.15, 0.2) is 6.29 Å². The highest BCUT2D eigenvalue weighted by Crippen LogP contribution is 2.18. The molecular weight excluding hydrogens is 200 g/mol. The van der Waals surface area contributed by atoms with Crippen molar-refractivity contribution in [1.29, 1.82) is 0 Å². The summed E-state index contributed by atoms with van der Waals surface area (Å²) in [4.78, 5) is 18.5. The molecule has 0 aliphatic heterocycles. The van der Waals surface area contributed by atoms with E-state index in [1.807, 2.05) is 0 Å². The van der Waals surface area contributed by atoms with E-state index in [0.29, 0.717) is 28.0 Å². The Balaban J connectivity index is 0.000000980. The van der Waals surface area contributed by atoms with Gasteiger partial charge in [-0.15, -0.1) is 0 Å². The van der Waals surface area contributed by atoms with E-state index in [1.165, 1.54) is 6.20 Å². The van der Waals surface area contributed by atoms with Gasteiger partial charge in [0.2, 0.25) is 0 Å². The van der Waals surface area contributed by atoms with Crippen LogP contribution in [0.4, 0.5) is 0 Å². The molecule has 0 aliphatic rings. The fraction of sp³-hybridized carbons (Fsp3) is 0.100. The summed E-state index contributed by atoms with van der Waals surface area (Å²) in [6.45, 7) is 0. The van der Waals surface area contributed by atoms with Gasteiger partial charge in [0.1, 0.15) is 11.2 Å². The molecule has 0 bridgehead atoms.